The molecule has 2 aromatic heterocycles. The molecule has 0 radical (unpaired) electrons. The first-order valence-corrected chi connectivity index (χ1v) is 10.4. The number of fused-ring (bicyclic) bond motifs is 1. The van der Waals surface area contributed by atoms with Gasteiger partial charge in [0.1, 0.15) is 5.65 Å². The van der Waals surface area contributed by atoms with Gasteiger partial charge in [-0.05, 0) is 43.2 Å². The first kappa shape index (κ1) is 18.1. The maximum absolute atomic E-state index is 12.5. The van der Waals surface area contributed by atoms with Gasteiger partial charge in [-0.15, -0.1) is 0 Å². The number of morpholine rings is 1. The van der Waals surface area contributed by atoms with Crippen LogP contribution < -0.4 is 15.8 Å². The number of anilines is 3. The van der Waals surface area contributed by atoms with Crippen molar-refractivity contribution in [2.45, 2.75) is 31.7 Å². The highest BCUT2D eigenvalue weighted by Crippen LogP contribution is 2.30. The molecule has 0 amide bonds. The minimum Gasteiger partial charge on any atom is -0.378 e. The van der Waals surface area contributed by atoms with Crippen LogP contribution >= 0.6 is 0 Å². The van der Waals surface area contributed by atoms with Gasteiger partial charge in [0.05, 0.1) is 13.2 Å². The molecule has 1 aliphatic carbocycles. The smallest absolute Gasteiger partial charge is 0.252 e. The Labute approximate surface area is 169 Å². The molecule has 0 atom stereocenters. The lowest BCUT2D eigenvalue weighted by molar-refractivity contribution is 0.122. The summed E-state index contributed by atoms with van der Waals surface area (Å²) in [6.07, 6.45) is 6.19. The Morgan fingerprint density at radius 1 is 1.00 bits per heavy atom. The van der Waals surface area contributed by atoms with E-state index in [2.05, 4.69) is 27.3 Å². The third-order valence-electron chi connectivity index (χ3n) is 5.86. The summed E-state index contributed by atoms with van der Waals surface area (Å²) in [5, 5.41) is 4.18. The molecule has 1 saturated heterocycles. The Morgan fingerprint density at radius 3 is 2.52 bits per heavy atom. The Morgan fingerprint density at radius 2 is 1.76 bits per heavy atom. The van der Waals surface area contributed by atoms with Crippen LogP contribution in [0.4, 0.5) is 17.3 Å². The minimum absolute atomic E-state index is 0.0175. The van der Waals surface area contributed by atoms with Gasteiger partial charge in [-0.1, -0.05) is 12.8 Å². The Balaban J connectivity index is 1.41. The summed E-state index contributed by atoms with van der Waals surface area (Å²) in [5.41, 5.74) is 2.84. The maximum atomic E-state index is 12.5. The summed E-state index contributed by atoms with van der Waals surface area (Å²) < 4.78 is 7.28. The normalized spacial score (nSPS) is 17.7. The molecule has 1 N–H and O–H groups in total. The van der Waals surface area contributed by atoms with Gasteiger partial charge < -0.3 is 15.0 Å². The van der Waals surface area contributed by atoms with Crippen LogP contribution in [0.3, 0.4) is 0 Å². The first-order chi connectivity index (χ1) is 14.3. The second-order valence-corrected chi connectivity index (χ2v) is 7.72. The standard InChI is InChI=1S/C22H25N5O2/c28-20-10-5-16-15-23-22(25-21(16)27(20)19-3-1-2-4-19)24-17-6-8-18(9-7-17)26-11-13-29-14-12-26/h5-10,15,19H,1-4,11-14H2,(H,23,24,25). The van der Waals surface area contributed by atoms with Crippen molar-refractivity contribution in [1.29, 1.82) is 0 Å². The molecular weight excluding hydrogens is 366 g/mol. The van der Waals surface area contributed by atoms with E-state index in [1.165, 1.54) is 18.5 Å². The molecule has 0 unspecified atom stereocenters. The van der Waals surface area contributed by atoms with Crippen LogP contribution in [0.2, 0.25) is 0 Å². The van der Waals surface area contributed by atoms with Crippen molar-refractivity contribution >= 4 is 28.4 Å². The monoisotopic (exact) mass is 391 g/mol. The Kier molecular flexibility index (Phi) is 4.89. The third kappa shape index (κ3) is 3.70. The van der Waals surface area contributed by atoms with Crippen molar-refractivity contribution in [2.24, 2.45) is 0 Å². The summed E-state index contributed by atoms with van der Waals surface area (Å²) in [6, 6.07) is 11.9. The Hall–Kier alpha value is -2.93. The quantitative estimate of drug-likeness (QED) is 0.734. The number of benzene rings is 1. The number of hydrogen-bond donors (Lipinski definition) is 1. The van der Waals surface area contributed by atoms with Gasteiger partial charge in [0, 0.05) is 48.2 Å². The lowest BCUT2D eigenvalue weighted by atomic mass is 10.2. The minimum atomic E-state index is 0.0175. The van der Waals surface area contributed by atoms with E-state index in [9.17, 15) is 4.79 Å². The van der Waals surface area contributed by atoms with Gasteiger partial charge in [0.25, 0.3) is 5.56 Å². The molecule has 0 bridgehead atoms. The lowest BCUT2D eigenvalue weighted by Crippen LogP contribution is -2.36. The summed E-state index contributed by atoms with van der Waals surface area (Å²) in [6.45, 7) is 3.37. The lowest BCUT2D eigenvalue weighted by Gasteiger charge is -2.28. The number of nitrogens with zero attached hydrogens (tertiary/aromatic N) is 4. The zero-order valence-corrected chi connectivity index (χ0v) is 16.4. The van der Waals surface area contributed by atoms with Crippen LogP contribution in [0.15, 0.2) is 47.4 Å². The van der Waals surface area contributed by atoms with Gasteiger partial charge in [0.15, 0.2) is 0 Å². The van der Waals surface area contributed by atoms with E-state index < -0.39 is 0 Å². The molecule has 0 spiro atoms. The highest BCUT2D eigenvalue weighted by atomic mass is 16.5. The number of rotatable bonds is 4. The topological polar surface area (TPSA) is 72.3 Å². The molecule has 1 aromatic carbocycles. The molecule has 3 heterocycles. The SMILES string of the molecule is O=c1ccc2cnc(Nc3ccc(N4CCOCC4)cc3)nc2n1C1CCCC1. The van der Waals surface area contributed by atoms with Crippen LogP contribution in [0.1, 0.15) is 31.7 Å². The van der Waals surface area contributed by atoms with E-state index in [1.807, 2.05) is 22.8 Å². The van der Waals surface area contributed by atoms with Crippen molar-refractivity contribution in [3.8, 4) is 0 Å². The third-order valence-corrected chi connectivity index (χ3v) is 5.86. The van der Waals surface area contributed by atoms with Gasteiger partial charge in [0.2, 0.25) is 5.95 Å². The van der Waals surface area contributed by atoms with Gasteiger partial charge >= 0.3 is 0 Å². The summed E-state index contributed by atoms with van der Waals surface area (Å²) in [5.74, 6) is 0.508. The second kappa shape index (κ2) is 7.83. The molecule has 3 aromatic rings. The highest BCUT2D eigenvalue weighted by molar-refractivity contribution is 5.76. The average molecular weight is 391 g/mol. The molecule has 2 aliphatic rings. The molecule has 7 nitrogen and oxygen atoms in total. The van der Waals surface area contributed by atoms with E-state index in [0.29, 0.717) is 11.6 Å². The summed E-state index contributed by atoms with van der Waals surface area (Å²) in [7, 11) is 0. The molecule has 1 saturated carbocycles. The first-order valence-electron chi connectivity index (χ1n) is 10.4. The summed E-state index contributed by atoms with van der Waals surface area (Å²) >= 11 is 0. The molecular formula is C22H25N5O2. The number of aromatic nitrogens is 3. The molecule has 7 heteroatoms. The van der Waals surface area contributed by atoms with E-state index in [0.717, 1.165) is 50.2 Å². The highest BCUT2D eigenvalue weighted by Gasteiger charge is 2.20. The second-order valence-electron chi connectivity index (χ2n) is 7.72. The van der Waals surface area contributed by atoms with Crippen molar-refractivity contribution in [3.05, 3.63) is 52.9 Å². The summed E-state index contributed by atoms with van der Waals surface area (Å²) in [4.78, 5) is 24.0. The fourth-order valence-corrected chi connectivity index (χ4v) is 4.32. The zero-order valence-electron chi connectivity index (χ0n) is 16.4. The molecule has 29 heavy (non-hydrogen) atoms. The van der Waals surface area contributed by atoms with Crippen molar-refractivity contribution in [1.82, 2.24) is 14.5 Å². The molecule has 2 fully saturated rings. The van der Waals surface area contributed by atoms with E-state index in [-0.39, 0.29) is 11.6 Å². The number of nitrogens with one attached hydrogen (secondary N) is 1. The number of pyridine rings is 1. The van der Waals surface area contributed by atoms with E-state index in [4.69, 9.17) is 9.72 Å². The number of ether oxygens (including phenoxy) is 1. The van der Waals surface area contributed by atoms with Crippen LogP contribution in [0.25, 0.3) is 11.0 Å². The maximum Gasteiger partial charge on any atom is 0.252 e. The van der Waals surface area contributed by atoms with Crippen molar-refractivity contribution < 1.29 is 4.74 Å². The van der Waals surface area contributed by atoms with E-state index >= 15 is 0 Å². The van der Waals surface area contributed by atoms with Crippen LogP contribution in [0.5, 0.6) is 0 Å². The zero-order chi connectivity index (χ0) is 19.6. The van der Waals surface area contributed by atoms with Crippen LogP contribution in [0, 0.1) is 0 Å². The van der Waals surface area contributed by atoms with Gasteiger partial charge in [-0.3, -0.25) is 9.36 Å². The van der Waals surface area contributed by atoms with Crippen LogP contribution in [-0.4, -0.2) is 40.8 Å². The van der Waals surface area contributed by atoms with E-state index in [1.54, 1.807) is 12.3 Å². The fourth-order valence-electron chi connectivity index (χ4n) is 4.32. The Bertz CT molecular complexity index is 1050. The predicted octanol–water partition coefficient (Wildman–Crippen LogP) is 3.49. The van der Waals surface area contributed by atoms with Crippen molar-refractivity contribution in [3.63, 3.8) is 0 Å². The molecule has 150 valence electrons. The van der Waals surface area contributed by atoms with Crippen LogP contribution in [-0.2, 0) is 4.74 Å². The fraction of sp³-hybridized carbons (Fsp3) is 0.409. The van der Waals surface area contributed by atoms with Gasteiger partial charge in [-0.25, -0.2) is 4.98 Å². The largest absolute Gasteiger partial charge is 0.378 e. The molecule has 5 rings (SSSR count). The van der Waals surface area contributed by atoms with Gasteiger partial charge in [-0.2, -0.15) is 4.98 Å². The average Bonchev–Trinajstić information content (AvgIpc) is 3.29. The van der Waals surface area contributed by atoms with Crippen molar-refractivity contribution in [2.75, 3.05) is 36.5 Å². The number of hydrogen-bond acceptors (Lipinski definition) is 6. The predicted molar refractivity (Wildman–Crippen MR) is 114 cm³/mol. The molecule has 1 aliphatic heterocycles.